The Labute approximate surface area is 120 Å². The summed E-state index contributed by atoms with van der Waals surface area (Å²) >= 11 is 0. The first-order valence-corrected chi connectivity index (χ1v) is 6.88. The Morgan fingerprint density at radius 1 is 1.30 bits per heavy atom. The second-order valence-electron chi connectivity index (χ2n) is 5.79. The fourth-order valence-corrected chi connectivity index (χ4v) is 1.67. The minimum atomic E-state index is -0.232. The standard InChI is InChI=1S/C15H25N3O2/c1-5-6-20-13-8-11(16)7-12(9-13)17-10-14(19)18-15(2,3)4/h7-9,17H,5-6,10,16H2,1-4H3,(H,18,19). The zero-order chi connectivity index (χ0) is 15.2. The maximum absolute atomic E-state index is 11.7. The smallest absolute Gasteiger partial charge is 0.239 e. The molecule has 5 nitrogen and oxygen atoms in total. The van der Waals surface area contributed by atoms with Gasteiger partial charge in [-0.3, -0.25) is 4.79 Å². The topological polar surface area (TPSA) is 76.4 Å². The number of ether oxygens (including phenoxy) is 1. The van der Waals surface area contributed by atoms with E-state index in [9.17, 15) is 4.79 Å². The van der Waals surface area contributed by atoms with Crippen molar-refractivity contribution in [2.24, 2.45) is 0 Å². The molecule has 5 heteroatoms. The van der Waals surface area contributed by atoms with Crippen molar-refractivity contribution in [1.29, 1.82) is 0 Å². The second kappa shape index (κ2) is 7.03. The van der Waals surface area contributed by atoms with Gasteiger partial charge in [-0.1, -0.05) is 6.92 Å². The van der Waals surface area contributed by atoms with E-state index < -0.39 is 0 Å². The van der Waals surface area contributed by atoms with E-state index in [0.717, 1.165) is 12.1 Å². The summed E-state index contributed by atoms with van der Waals surface area (Å²) in [5, 5.41) is 5.94. The van der Waals surface area contributed by atoms with Crippen LogP contribution in [0.3, 0.4) is 0 Å². The molecule has 0 bridgehead atoms. The summed E-state index contributed by atoms with van der Waals surface area (Å²) in [7, 11) is 0. The number of anilines is 2. The van der Waals surface area contributed by atoms with Crippen LogP contribution < -0.4 is 21.1 Å². The fourth-order valence-electron chi connectivity index (χ4n) is 1.67. The first kappa shape index (κ1) is 16.1. The molecule has 20 heavy (non-hydrogen) atoms. The van der Waals surface area contributed by atoms with Gasteiger partial charge in [0, 0.05) is 29.0 Å². The average molecular weight is 279 g/mol. The van der Waals surface area contributed by atoms with Crippen molar-refractivity contribution in [2.75, 3.05) is 24.2 Å². The first-order valence-electron chi connectivity index (χ1n) is 6.88. The molecular formula is C15H25N3O2. The van der Waals surface area contributed by atoms with Crippen LogP contribution in [-0.4, -0.2) is 24.6 Å². The van der Waals surface area contributed by atoms with Crippen molar-refractivity contribution in [2.45, 2.75) is 39.7 Å². The third-order valence-corrected chi connectivity index (χ3v) is 2.37. The van der Waals surface area contributed by atoms with E-state index in [1.165, 1.54) is 0 Å². The Hall–Kier alpha value is -1.91. The highest BCUT2D eigenvalue weighted by Crippen LogP contribution is 2.22. The first-order chi connectivity index (χ1) is 9.30. The lowest BCUT2D eigenvalue weighted by atomic mass is 10.1. The van der Waals surface area contributed by atoms with Gasteiger partial charge in [-0.2, -0.15) is 0 Å². The summed E-state index contributed by atoms with van der Waals surface area (Å²) < 4.78 is 5.54. The average Bonchev–Trinajstić information content (AvgIpc) is 2.31. The number of carbonyl (C=O) groups is 1. The molecule has 0 fully saturated rings. The van der Waals surface area contributed by atoms with Gasteiger partial charge in [0.05, 0.1) is 13.2 Å². The molecule has 0 radical (unpaired) electrons. The maximum atomic E-state index is 11.7. The Balaban J connectivity index is 2.59. The quantitative estimate of drug-likeness (QED) is 0.699. The highest BCUT2D eigenvalue weighted by molar-refractivity contribution is 5.81. The number of amides is 1. The van der Waals surface area contributed by atoms with Crippen LogP contribution in [0.2, 0.25) is 0 Å². The van der Waals surface area contributed by atoms with E-state index in [1.807, 2.05) is 33.8 Å². The molecular weight excluding hydrogens is 254 g/mol. The van der Waals surface area contributed by atoms with E-state index in [1.54, 1.807) is 12.1 Å². The van der Waals surface area contributed by atoms with E-state index in [-0.39, 0.29) is 18.0 Å². The van der Waals surface area contributed by atoms with Gasteiger partial charge in [0.2, 0.25) is 5.91 Å². The van der Waals surface area contributed by atoms with Crippen molar-refractivity contribution in [3.63, 3.8) is 0 Å². The highest BCUT2D eigenvalue weighted by atomic mass is 16.5. The van der Waals surface area contributed by atoms with Gasteiger partial charge in [-0.05, 0) is 33.3 Å². The largest absolute Gasteiger partial charge is 0.493 e. The molecule has 0 aliphatic rings. The van der Waals surface area contributed by atoms with Crippen LogP contribution in [0, 0.1) is 0 Å². The van der Waals surface area contributed by atoms with Gasteiger partial charge in [-0.15, -0.1) is 0 Å². The zero-order valence-electron chi connectivity index (χ0n) is 12.7. The maximum Gasteiger partial charge on any atom is 0.239 e. The molecule has 0 heterocycles. The fraction of sp³-hybridized carbons (Fsp3) is 0.533. The molecule has 0 atom stereocenters. The van der Waals surface area contributed by atoms with Crippen molar-refractivity contribution in [3.05, 3.63) is 18.2 Å². The second-order valence-corrected chi connectivity index (χ2v) is 5.79. The molecule has 0 aliphatic heterocycles. The predicted octanol–water partition coefficient (Wildman–Crippen LogP) is 2.38. The lowest BCUT2D eigenvalue weighted by Gasteiger charge is -2.20. The Kier molecular flexibility index (Phi) is 5.67. The summed E-state index contributed by atoms with van der Waals surface area (Å²) in [5.74, 6) is 0.654. The monoisotopic (exact) mass is 279 g/mol. The van der Waals surface area contributed by atoms with Crippen LogP contribution in [0.15, 0.2) is 18.2 Å². The van der Waals surface area contributed by atoms with Crippen LogP contribution in [0.4, 0.5) is 11.4 Å². The minimum absolute atomic E-state index is 0.0593. The summed E-state index contributed by atoms with van der Waals surface area (Å²) in [6.45, 7) is 8.73. The number of nitrogens with one attached hydrogen (secondary N) is 2. The number of benzene rings is 1. The number of hydrogen-bond donors (Lipinski definition) is 3. The van der Waals surface area contributed by atoms with Gasteiger partial charge >= 0.3 is 0 Å². The number of rotatable bonds is 6. The molecule has 0 saturated heterocycles. The van der Waals surface area contributed by atoms with Gasteiger partial charge in [0.15, 0.2) is 0 Å². The number of carbonyl (C=O) groups excluding carboxylic acids is 1. The van der Waals surface area contributed by atoms with Gasteiger partial charge < -0.3 is 21.1 Å². The summed E-state index contributed by atoms with van der Waals surface area (Å²) in [6.07, 6.45) is 0.936. The van der Waals surface area contributed by atoms with E-state index >= 15 is 0 Å². The highest BCUT2D eigenvalue weighted by Gasteiger charge is 2.13. The van der Waals surface area contributed by atoms with Crippen molar-refractivity contribution in [3.8, 4) is 5.75 Å². The zero-order valence-corrected chi connectivity index (χ0v) is 12.7. The molecule has 0 spiro atoms. The molecule has 4 N–H and O–H groups in total. The van der Waals surface area contributed by atoms with Crippen molar-refractivity contribution >= 4 is 17.3 Å². The van der Waals surface area contributed by atoms with Crippen LogP contribution in [0.25, 0.3) is 0 Å². The molecule has 1 aromatic rings. The molecule has 0 unspecified atom stereocenters. The Bertz CT molecular complexity index is 453. The molecule has 0 aliphatic carbocycles. The lowest BCUT2D eigenvalue weighted by Crippen LogP contribution is -2.43. The Morgan fingerprint density at radius 2 is 2.00 bits per heavy atom. The van der Waals surface area contributed by atoms with Gasteiger partial charge in [0.25, 0.3) is 0 Å². The van der Waals surface area contributed by atoms with Crippen molar-refractivity contribution in [1.82, 2.24) is 5.32 Å². The van der Waals surface area contributed by atoms with Crippen molar-refractivity contribution < 1.29 is 9.53 Å². The third kappa shape index (κ3) is 6.31. The van der Waals surface area contributed by atoms with E-state index in [2.05, 4.69) is 10.6 Å². The molecule has 0 aromatic heterocycles. The normalized spacial score (nSPS) is 11.0. The van der Waals surface area contributed by atoms with Gasteiger partial charge in [-0.25, -0.2) is 0 Å². The summed E-state index contributed by atoms with van der Waals surface area (Å²) in [4.78, 5) is 11.7. The molecule has 1 rings (SSSR count). The summed E-state index contributed by atoms with van der Waals surface area (Å²) in [5.41, 5.74) is 6.97. The number of nitrogens with two attached hydrogens (primary N) is 1. The molecule has 0 saturated carbocycles. The third-order valence-electron chi connectivity index (χ3n) is 2.37. The van der Waals surface area contributed by atoms with Crippen LogP contribution in [0.5, 0.6) is 5.75 Å². The molecule has 112 valence electrons. The SMILES string of the molecule is CCCOc1cc(N)cc(NCC(=O)NC(C)(C)C)c1. The predicted molar refractivity (Wildman–Crippen MR) is 83.0 cm³/mol. The van der Waals surface area contributed by atoms with Crippen LogP contribution in [-0.2, 0) is 4.79 Å². The Morgan fingerprint density at radius 3 is 2.60 bits per heavy atom. The number of nitrogen functional groups attached to an aromatic ring is 1. The van der Waals surface area contributed by atoms with Crippen LogP contribution >= 0.6 is 0 Å². The minimum Gasteiger partial charge on any atom is -0.493 e. The summed E-state index contributed by atoms with van der Waals surface area (Å²) in [6, 6.07) is 5.40. The molecule has 1 aromatic carbocycles. The van der Waals surface area contributed by atoms with Crippen LogP contribution in [0.1, 0.15) is 34.1 Å². The lowest BCUT2D eigenvalue weighted by molar-refractivity contribution is -0.120. The van der Waals surface area contributed by atoms with Gasteiger partial charge in [0.1, 0.15) is 5.75 Å². The molecule has 1 amide bonds. The van der Waals surface area contributed by atoms with E-state index in [0.29, 0.717) is 18.0 Å². The van der Waals surface area contributed by atoms with E-state index in [4.69, 9.17) is 10.5 Å². The number of hydrogen-bond acceptors (Lipinski definition) is 4.